The van der Waals surface area contributed by atoms with Crippen LogP contribution in [0.5, 0.6) is 0 Å². The van der Waals surface area contributed by atoms with Gasteiger partial charge in [-0.3, -0.25) is 14.9 Å². The van der Waals surface area contributed by atoms with E-state index in [9.17, 15) is 14.9 Å². The third-order valence-electron chi connectivity index (χ3n) is 3.62. The van der Waals surface area contributed by atoms with Crippen molar-refractivity contribution in [2.45, 2.75) is 0 Å². The summed E-state index contributed by atoms with van der Waals surface area (Å²) in [6, 6.07) is 13.9. The van der Waals surface area contributed by atoms with Gasteiger partial charge >= 0.3 is 0 Å². The van der Waals surface area contributed by atoms with Gasteiger partial charge in [-0.25, -0.2) is 5.43 Å². The Morgan fingerprint density at radius 2 is 2.00 bits per heavy atom. The summed E-state index contributed by atoms with van der Waals surface area (Å²) in [4.78, 5) is 22.4. The van der Waals surface area contributed by atoms with E-state index in [4.69, 9.17) is 21.8 Å². The number of para-hydroxylation sites is 1. The normalized spacial score (nSPS) is 10.9. The Morgan fingerprint density at radius 1 is 1.22 bits per heavy atom. The molecule has 0 saturated heterocycles. The minimum Gasteiger partial charge on any atom is -0.455 e. The number of carbonyl (C=O) groups excluding carboxylic acids is 1. The van der Waals surface area contributed by atoms with Gasteiger partial charge in [0.15, 0.2) is 0 Å². The van der Waals surface area contributed by atoms with Crippen molar-refractivity contribution in [1.29, 1.82) is 0 Å². The number of furan rings is 1. The SMILES string of the molecule is Nc1ccccc1C(=O)NN=Cc1ccc(-c2cc([N+](=O)[O-])ccc2Cl)o1. The smallest absolute Gasteiger partial charge is 0.273 e. The van der Waals surface area contributed by atoms with Gasteiger partial charge in [0.05, 0.1) is 21.7 Å². The van der Waals surface area contributed by atoms with Gasteiger partial charge in [-0.15, -0.1) is 0 Å². The first-order valence-electron chi connectivity index (χ1n) is 7.68. The van der Waals surface area contributed by atoms with Crippen molar-refractivity contribution in [2.24, 2.45) is 5.10 Å². The first-order valence-corrected chi connectivity index (χ1v) is 8.05. The van der Waals surface area contributed by atoms with Gasteiger partial charge < -0.3 is 10.2 Å². The molecule has 3 N–H and O–H groups in total. The number of nitrogens with two attached hydrogens (primary N) is 1. The fourth-order valence-corrected chi connectivity index (χ4v) is 2.51. The van der Waals surface area contributed by atoms with Crippen LogP contribution in [-0.4, -0.2) is 17.0 Å². The van der Waals surface area contributed by atoms with Crippen LogP contribution in [0.4, 0.5) is 11.4 Å². The average molecular weight is 385 g/mol. The molecule has 0 radical (unpaired) electrons. The molecule has 0 atom stereocenters. The third kappa shape index (κ3) is 4.13. The number of nitro groups is 1. The van der Waals surface area contributed by atoms with Crippen LogP contribution >= 0.6 is 11.6 Å². The van der Waals surface area contributed by atoms with E-state index in [1.54, 1.807) is 36.4 Å². The van der Waals surface area contributed by atoms with Gasteiger partial charge in [0.25, 0.3) is 11.6 Å². The number of carbonyl (C=O) groups is 1. The van der Waals surface area contributed by atoms with Crippen LogP contribution in [0.2, 0.25) is 5.02 Å². The second-order valence-corrected chi connectivity index (χ2v) is 5.82. The van der Waals surface area contributed by atoms with Gasteiger partial charge in [0.2, 0.25) is 0 Å². The van der Waals surface area contributed by atoms with Crippen molar-refractivity contribution >= 4 is 35.1 Å². The lowest BCUT2D eigenvalue weighted by Gasteiger charge is -2.02. The molecular weight excluding hydrogens is 372 g/mol. The zero-order chi connectivity index (χ0) is 19.4. The molecule has 0 saturated carbocycles. The van der Waals surface area contributed by atoms with E-state index in [2.05, 4.69) is 10.5 Å². The van der Waals surface area contributed by atoms with Gasteiger partial charge in [-0.2, -0.15) is 5.10 Å². The second-order valence-electron chi connectivity index (χ2n) is 5.41. The number of anilines is 1. The van der Waals surface area contributed by atoms with Gasteiger partial charge in [0.1, 0.15) is 11.5 Å². The summed E-state index contributed by atoms with van der Waals surface area (Å²) >= 11 is 6.09. The molecule has 136 valence electrons. The van der Waals surface area contributed by atoms with Gasteiger partial charge in [0, 0.05) is 23.4 Å². The maximum atomic E-state index is 12.0. The average Bonchev–Trinajstić information content (AvgIpc) is 3.10. The monoisotopic (exact) mass is 384 g/mol. The number of non-ortho nitro benzene ring substituents is 1. The first kappa shape index (κ1) is 18.2. The van der Waals surface area contributed by atoms with E-state index < -0.39 is 10.8 Å². The maximum absolute atomic E-state index is 12.0. The third-order valence-corrected chi connectivity index (χ3v) is 3.95. The highest BCUT2D eigenvalue weighted by atomic mass is 35.5. The molecule has 1 aromatic heterocycles. The molecule has 0 unspecified atom stereocenters. The number of nitro benzene ring substituents is 1. The molecule has 27 heavy (non-hydrogen) atoms. The Kier molecular flexibility index (Phi) is 5.18. The highest BCUT2D eigenvalue weighted by Crippen LogP contribution is 2.32. The number of nitrogens with zero attached hydrogens (tertiary/aromatic N) is 2. The van der Waals surface area contributed by atoms with E-state index in [1.807, 2.05) is 0 Å². The number of halogens is 1. The lowest BCUT2D eigenvalue weighted by Crippen LogP contribution is -2.18. The molecule has 1 amide bonds. The fourth-order valence-electron chi connectivity index (χ4n) is 2.30. The molecule has 0 aliphatic carbocycles. The highest BCUT2D eigenvalue weighted by molar-refractivity contribution is 6.33. The van der Waals surface area contributed by atoms with E-state index in [-0.39, 0.29) is 5.69 Å². The molecule has 0 aliphatic rings. The number of nitrogens with one attached hydrogen (secondary N) is 1. The maximum Gasteiger partial charge on any atom is 0.273 e. The van der Waals surface area contributed by atoms with Crippen LogP contribution < -0.4 is 11.2 Å². The number of amides is 1. The largest absolute Gasteiger partial charge is 0.455 e. The van der Waals surface area contributed by atoms with E-state index in [0.717, 1.165) is 0 Å². The lowest BCUT2D eigenvalue weighted by atomic mass is 10.1. The van der Waals surface area contributed by atoms with Crippen LogP contribution in [-0.2, 0) is 0 Å². The van der Waals surface area contributed by atoms with Crippen molar-refractivity contribution in [1.82, 2.24) is 5.43 Å². The van der Waals surface area contributed by atoms with Crippen molar-refractivity contribution < 1.29 is 14.1 Å². The van der Waals surface area contributed by atoms with E-state index >= 15 is 0 Å². The molecule has 0 spiro atoms. The molecule has 0 aliphatic heterocycles. The predicted molar refractivity (Wildman–Crippen MR) is 102 cm³/mol. The van der Waals surface area contributed by atoms with Crippen molar-refractivity contribution in [3.8, 4) is 11.3 Å². The first-order chi connectivity index (χ1) is 13.0. The summed E-state index contributed by atoms with van der Waals surface area (Å²) in [5.41, 5.74) is 9.00. The fraction of sp³-hybridized carbons (Fsp3) is 0. The zero-order valence-electron chi connectivity index (χ0n) is 13.8. The summed E-state index contributed by atoms with van der Waals surface area (Å²) in [6.07, 6.45) is 1.30. The van der Waals surface area contributed by atoms with Crippen LogP contribution in [0.1, 0.15) is 16.1 Å². The number of hydrogen-bond donors (Lipinski definition) is 2. The van der Waals surface area contributed by atoms with Crippen LogP contribution in [0.15, 0.2) is 64.1 Å². The predicted octanol–water partition coefficient (Wildman–Crippen LogP) is 3.85. The minimum absolute atomic E-state index is 0.103. The Balaban J connectivity index is 1.74. The molecule has 3 rings (SSSR count). The number of rotatable bonds is 5. The Labute approximate surface area is 158 Å². The lowest BCUT2D eigenvalue weighted by molar-refractivity contribution is -0.384. The summed E-state index contributed by atoms with van der Waals surface area (Å²) in [7, 11) is 0. The summed E-state index contributed by atoms with van der Waals surface area (Å²) in [5.74, 6) is 0.204. The van der Waals surface area contributed by atoms with Gasteiger partial charge in [-0.1, -0.05) is 23.7 Å². The molecule has 0 fully saturated rings. The molecule has 3 aromatic rings. The molecule has 9 heteroatoms. The Hall–Kier alpha value is -3.65. The molecule has 8 nitrogen and oxygen atoms in total. The number of nitrogen functional groups attached to an aromatic ring is 1. The standard InChI is InChI=1S/C18H13ClN4O4/c19-15-7-5-11(23(25)26)9-14(15)17-8-6-12(27-17)10-21-22-18(24)13-3-1-2-4-16(13)20/h1-10H,20H2,(H,22,24). The zero-order valence-corrected chi connectivity index (χ0v) is 14.5. The molecule has 2 aromatic carbocycles. The molecule has 1 heterocycles. The number of hydrogen-bond acceptors (Lipinski definition) is 6. The molecule has 0 bridgehead atoms. The van der Waals surface area contributed by atoms with Crippen molar-refractivity contribution in [3.05, 3.63) is 81.1 Å². The van der Waals surface area contributed by atoms with Gasteiger partial charge in [-0.05, 0) is 30.3 Å². The van der Waals surface area contributed by atoms with Crippen LogP contribution in [0.25, 0.3) is 11.3 Å². The highest BCUT2D eigenvalue weighted by Gasteiger charge is 2.14. The Morgan fingerprint density at radius 3 is 2.74 bits per heavy atom. The molecular formula is C18H13ClN4O4. The summed E-state index contributed by atoms with van der Waals surface area (Å²) in [6.45, 7) is 0. The summed E-state index contributed by atoms with van der Waals surface area (Å²) in [5, 5.41) is 15.0. The number of benzene rings is 2. The van der Waals surface area contributed by atoms with E-state index in [0.29, 0.717) is 33.4 Å². The quantitative estimate of drug-likeness (QED) is 0.299. The Bertz CT molecular complexity index is 1050. The minimum atomic E-state index is -0.518. The van der Waals surface area contributed by atoms with Crippen LogP contribution in [0.3, 0.4) is 0 Å². The number of hydrazone groups is 1. The topological polar surface area (TPSA) is 124 Å². The summed E-state index contributed by atoms with van der Waals surface area (Å²) < 4.78 is 5.56. The van der Waals surface area contributed by atoms with Crippen LogP contribution in [0, 0.1) is 10.1 Å². The van der Waals surface area contributed by atoms with Crippen molar-refractivity contribution in [2.75, 3.05) is 5.73 Å². The second kappa shape index (κ2) is 7.71. The van der Waals surface area contributed by atoms with E-state index in [1.165, 1.54) is 24.4 Å². The van der Waals surface area contributed by atoms with Crippen molar-refractivity contribution in [3.63, 3.8) is 0 Å².